The molecule has 0 bridgehead atoms. The fourth-order valence-electron chi connectivity index (χ4n) is 1.16. The number of rotatable bonds is 3. The van der Waals surface area contributed by atoms with Crippen molar-refractivity contribution in [1.82, 2.24) is 5.32 Å². The van der Waals surface area contributed by atoms with E-state index in [0.29, 0.717) is 6.54 Å². The van der Waals surface area contributed by atoms with Crippen LogP contribution >= 0.6 is 26.6 Å². The monoisotopic (exact) mass is 343 g/mol. The van der Waals surface area contributed by atoms with E-state index in [1.54, 1.807) is 6.92 Å². The number of amides is 1. The van der Waals surface area contributed by atoms with E-state index in [2.05, 4.69) is 21.2 Å². The smallest absolute Gasteiger partial charge is 0.262 e. The summed E-state index contributed by atoms with van der Waals surface area (Å²) in [5.74, 6) is -1.44. The van der Waals surface area contributed by atoms with Gasteiger partial charge in [-0.05, 0) is 35.0 Å². The Bertz CT molecular complexity index is 562. The Morgan fingerprint density at radius 2 is 2.12 bits per heavy atom. The quantitative estimate of drug-likeness (QED) is 0.856. The highest BCUT2D eigenvalue weighted by molar-refractivity contribution is 9.10. The third-order valence-electron chi connectivity index (χ3n) is 1.85. The zero-order chi connectivity index (χ0) is 13.2. The molecule has 17 heavy (non-hydrogen) atoms. The van der Waals surface area contributed by atoms with Gasteiger partial charge < -0.3 is 5.32 Å². The van der Waals surface area contributed by atoms with Crippen molar-refractivity contribution in [3.05, 3.63) is 28.0 Å². The highest BCUT2D eigenvalue weighted by Gasteiger charge is 2.22. The molecule has 0 heterocycles. The molecule has 1 aromatic rings. The standard InChI is InChI=1S/C9H8BrClFNO3S/c1-2-13-9(14)6-3-5(12)4-7(8(6)10)17(11,15)16/h3-4H,2H2,1H3,(H,13,14). The van der Waals surface area contributed by atoms with Crippen LogP contribution in [0.15, 0.2) is 21.5 Å². The highest BCUT2D eigenvalue weighted by Crippen LogP contribution is 2.29. The van der Waals surface area contributed by atoms with Crippen LogP contribution in [0.25, 0.3) is 0 Å². The van der Waals surface area contributed by atoms with E-state index in [9.17, 15) is 17.6 Å². The van der Waals surface area contributed by atoms with Crippen molar-refractivity contribution in [3.8, 4) is 0 Å². The van der Waals surface area contributed by atoms with E-state index in [4.69, 9.17) is 10.7 Å². The molecule has 0 saturated heterocycles. The molecule has 94 valence electrons. The lowest BCUT2D eigenvalue weighted by molar-refractivity contribution is 0.0954. The molecule has 1 aromatic carbocycles. The molecule has 0 aromatic heterocycles. The lowest BCUT2D eigenvalue weighted by Crippen LogP contribution is -2.23. The van der Waals surface area contributed by atoms with Crippen molar-refractivity contribution >= 4 is 41.6 Å². The van der Waals surface area contributed by atoms with Gasteiger partial charge in [-0.1, -0.05) is 0 Å². The first kappa shape index (κ1) is 14.4. The first-order valence-electron chi connectivity index (χ1n) is 4.49. The molecule has 0 spiro atoms. The van der Waals surface area contributed by atoms with E-state index >= 15 is 0 Å². The molecule has 0 aliphatic heterocycles. The van der Waals surface area contributed by atoms with Gasteiger partial charge in [0, 0.05) is 17.2 Å². The molecule has 4 nitrogen and oxygen atoms in total. The number of benzene rings is 1. The van der Waals surface area contributed by atoms with Crippen LogP contribution < -0.4 is 5.32 Å². The van der Waals surface area contributed by atoms with Gasteiger partial charge in [0.25, 0.3) is 15.0 Å². The van der Waals surface area contributed by atoms with Gasteiger partial charge in [-0.25, -0.2) is 12.8 Å². The predicted molar refractivity (Wildman–Crippen MR) is 65.1 cm³/mol. The Kier molecular flexibility index (Phi) is 4.51. The van der Waals surface area contributed by atoms with Gasteiger partial charge in [0.05, 0.1) is 10.0 Å². The summed E-state index contributed by atoms with van der Waals surface area (Å²) in [4.78, 5) is 11.1. The Morgan fingerprint density at radius 3 is 2.59 bits per heavy atom. The zero-order valence-corrected chi connectivity index (χ0v) is 11.8. The number of halogens is 3. The lowest BCUT2D eigenvalue weighted by Gasteiger charge is -2.08. The fourth-order valence-corrected chi connectivity index (χ4v) is 3.43. The first-order valence-corrected chi connectivity index (χ1v) is 7.59. The van der Waals surface area contributed by atoms with Crippen molar-refractivity contribution in [2.75, 3.05) is 6.54 Å². The molecule has 8 heteroatoms. The molecular weight excluding hydrogens is 337 g/mol. The van der Waals surface area contributed by atoms with Crippen molar-refractivity contribution in [3.63, 3.8) is 0 Å². The van der Waals surface area contributed by atoms with E-state index in [1.165, 1.54) is 0 Å². The number of carbonyl (C=O) groups is 1. The number of nitrogens with one attached hydrogen (secondary N) is 1. The summed E-state index contributed by atoms with van der Waals surface area (Å²) in [6.07, 6.45) is 0. The minimum absolute atomic E-state index is 0.0557. The van der Waals surface area contributed by atoms with Crippen molar-refractivity contribution in [2.45, 2.75) is 11.8 Å². The number of hydrogen-bond donors (Lipinski definition) is 1. The topological polar surface area (TPSA) is 63.2 Å². The lowest BCUT2D eigenvalue weighted by atomic mass is 10.2. The van der Waals surface area contributed by atoms with E-state index in [-0.39, 0.29) is 10.0 Å². The maximum Gasteiger partial charge on any atom is 0.262 e. The SMILES string of the molecule is CCNC(=O)c1cc(F)cc(S(=O)(=O)Cl)c1Br. The summed E-state index contributed by atoms with van der Waals surface area (Å²) in [6.45, 7) is 2.02. The van der Waals surface area contributed by atoms with E-state index in [1.807, 2.05) is 0 Å². The second kappa shape index (κ2) is 5.32. The van der Waals surface area contributed by atoms with Gasteiger partial charge >= 0.3 is 0 Å². The van der Waals surface area contributed by atoms with Crippen molar-refractivity contribution in [1.29, 1.82) is 0 Å². The molecule has 0 fully saturated rings. The maximum absolute atomic E-state index is 13.2. The highest BCUT2D eigenvalue weighted by atomic mass is 79.9. The average Bonchev–Trinajstić information content (AvgIpc) is 2.19. The normalized spacial score (nSPS) is 11.3. The van der Waals surface area contributed by atoms with Gasteiger partial charge in [0.1, 0.15) is 10.7 Å². The first-order chi connectivity index (χ1) is 7.77. The molecule has 0 atom stereocenters. The third kappa shape index (κ3) is 3.40. The second-order valence-corrected chi connectivity index (χ2v) is 6.39. The summed E-state index contributed by atoms with van der Waals surface area (Å²) in [5.41, 5.74) is -0.119. The average molecular weight is 345 g/mol. The fraction of sp³-hybridized carbons (Fsp3) is 0.222. The summed E-state index contributed by atoms with van der Waals surface area (Å²) in [6, 6.07) is 1.68. The minimum atomic E-state index is -4.12. The molecule has 0 saturated carbocycles. The Hall–Kier alpha value is -0.660. The molecule has 0 aliphatic rings. The van der Waals surface area contributed by atoms with Crippen LogP contribution in [0.1, 0.15) is 17.3 Å². The van der Waals surface area contributed by atoms with Crippen LogP contribution in [0.3, 0.4) is 0 Å². The van der Waals surface area contributed by atoms with Crippen molar-refractivity contribution < 1.29 is 17.6 Å². The molecule has 1 N–H and O–H groups in total. The van der Waals surface area contributed by atoms with Gasteiger partial charge in [-0.2, -0.15) is 0 Å². The second-order valence-electron chi connectivity index (χ2n) is 3.06. The molecule has 0 aliphatic carbocycles. The van der Waals surface area contributed by atoms with Gasteiger partial charge in [-0.3, -0.25) is 4.79 Å². The molecular formula is C9H8BrClFNO3S. The summed E-state index contributed by atoms with van der Waals surface area (Å²) < 4.78 is 35.5. The minimum Gasteiger partial charge on any atom is -0.352 e. The van der Waals surface area contributed by atoms with E-state index in [0.717, 1.165) is 12.1 Å². The Balaban J connectivity index is 3.44. The molecule has 1 rings (SSSR count). The molecule has 1 amide bonds. The molecule has 0 unspecified atom stereocenters. The van der Waals surface area contributed by atoms with Crippen LogP contribution in [-0.4, -0.2) is 20.9 Å². The summed E-state index contributed by atoms with van der Waals surface area (Å²) in [7, 11) is 1.01. The van der Waals surface area contributed by atoms with E-state index < -0.39 is 25.7 Å². The number of carbonyl (C=O) groups excluding carboxylic acids is 1. The van der Waals surface area contributed by atoms with Gasteiger partial charge in [-0.15, -0.1) is 0 Å². The summed E-state index contributed by atoms with van der Waals surface area (Å²) >= 11 is 2.93. The zero-order valence-electron chi connectivity index (χ0n) is 8.63. The van der Waals surface area contributed by atoms with Gasteiger partial charge in [0.15, 0.2) is 0 Å². The van der Waals surface area contributed by atoms with Crippen LogP contribution in [0, 0.1) is 5.82 Å². The van der Waals surface area contributed by atoms with Crippen LogP contribution in [0.4, 0.5) is 4.39 Å². The Morgan fingerprint density at radius 1 is 1.53 bits per heavy atom. The van der Waals surface area contributed by atoms with Gasteiger partial charge in [0.2, 0.25) is 0 Å². The maximum atomic E-state index is 13.2. The van der Waals surface area contributed by atoms with Crippen LogP contribution in [-0.2, 0) is 9.05 Å². The van der Waals surface area contributed by atoms with Crippen LogP contribution in [0.5, 0.6) is 0 Å². The Labute approximate surface area is 111 Å². The molecule has 0 radical (unpaired) electrons. The summed E-state index contributed by atoms with van der Waals surface area (Å²) in [5, 5.41) is 2.44. The predicted octanol–water partition coefficient (Wildman–Crippen LogP) is 2.27. The third-order valence-corrected chi connectivity index (χ3v) is 4.31. The largest absolute Gasteiger partial charge is 0.352 e. The van der Waals surface area contributed by atoms with Crippen LogP contribution in [0.2, 0.25) is 0 Å². The van der Waals surface area contributed by atoms with Crippen molar-refractivity contribution in [2.24, 2.45) is 0 Å². The number of hydrogen-bond acceptors (Lipinski definition) is 3.